The van der Waals surface area contributed by atoms with E-state index in [0.717, 1.165) is 6.21 Å². The van der Waals surface area contributed by atoms with Gasteiger partial charge in [-0.25, -0.2) is 0 Å². The summed E-state index contributed by atoms with van der Waals surface area (Å²) in [6.45, 7) is 0. The predicted molar refractivity (Wildman–Crippen MR) is 38.3 cm³/mol. The van der Waals surface area contributed by atoms with Gasteiger partial charge in [0.1, 0.15) is 5.69 Å². The molecule has 2 N–H and O–H groups in total. The average Bonchev–Trinajstić information content (AvgIpc) is 2.47. The van der Waals surface area contributed by atoms with E-state index in [4.69, 9.17) is 5.21 Å². The number of nitrogens with one attached hydrogen (secondary N) is 1. The molecule has 1 aromatic heterocycles. The zero-order chi connectivity index (χ0) is 8.97. The number of oxime groups is 1. The van der Waals surface area contributed by atoms with Crippen molar-refractivity contribution in [3.8, 4) is 0 Å². The summed E-state index contributed by atoms with van der Waals surface area (Å²) < 4.78 is 4.29. The van der Waals surface area contributed by atoms with Gasteiger partial charge in [0.05, 0.1) is 6.21 Å². The fourth-order valence-electron chi connectivity index (χ4n) is 0.594. The quantitative estimate of drug-likeness (QED) is 0.300. The summed E-state index contributed by atoms with van der Waals surface area (Å²) in [5.74, 6) is -0.486. The van der Waals surface area contributed by atoms with Crippen LogP contribution in [0.1, 0.15) is 5.69 Å². The van der Waals surface area contributed by atoms with Crippen molar-refractivity contribution in [2.75, 3.05) is 5.48 Å². The number of aromatic nitrogens is 1. The number of anilines is 1. The highest BCUT2D eigenvalue weighted by Crippen LogP contribution is 2.26. The van der Waals surface area contributed by atoms with Gasteiger partial charge in [-0.1, -0.05) is 10.3 Å². The van der Waals surface area contributed by atoms with E-state index < -0.39 is 5.88 Å². The fraction of sp³-hybridized carbons (Fsp3) is 0. The molecule has 1 heterocycles. The summed E-state index contributed by atoms with van der Waals surface area (Å²) in [5.41, 5.74) is 1.02. The average molecular weight is 171 g/mol. The standard InChI is InChI=1S/C4H3N4O4/c9-5-1-2-3(6-10)4(7-11)12-8-2/h1,6,9H/q-1/b5-1+. The summed E-state index contributed by atoms with van der Waals surface area (Å²) in [7, 11) is 0. The highest BCUT2D eigenvalue weighted by molar-refractivity contribution is 5.88. The van der Waals surface area contributed by atoms with Crippen molar-refractivity contribution in [2.45, 2.75) is 0 Å². The molecule has 0 saturated heterocycles. The van der Waals surface area contributed by atoms with Crippen LogP contribution in [0.5, 0.6) is 0 Å². The number of hydrogen-bond acceptors (Lipinski definition) is 8. The van der Waals surface area contributed by atoms with Gasteiger partial charge in [-0.3, -0.25) is 0 Å². The molecule has 12 heavy (non-hydrogen) atoms. The SMILES string of the molecule is O=Nc1onc(/C=N/O)c1N[O-]. The second kappa shape index (κ2) is 3.44. The molecule has 0 aliphatic rings. The summed E-state index contributed by atoms with van der Waals surface area (Å²) in [4.78, 5) is 9.93. The zero-order valence-electron chi connectivity index (χ0n) is 5.59. The Morgan fingerprint density at radius 1 is 1.75 bits per heavy atom. The first-order chi connectivity index (χ1) is 5.83. The minimum atomic E-state index is -0.486. The van der Waals surface area contributed by atoms with Gasteiger partial charge in [0.25, 0.3) is 0 Å². The first kappa shape index (κ1) is 8.14. The van der Waals surface area contributed by atoms with Gasteiger partial charge >= 0.3 is 5.88 Å². The smallest absolute Gasteiger partial charge is 0.313 e. The molecule has 0 aliphatic heterocycles. The summed E-state index contributed by atoms with van der Waals surface area (Å²) >= 11 is 0. The maximum atomic E-state index is 10.2. The molecule has 0 saturated carbocycles. The highest BCUT2D eigenvalue weighted by atomic mass is 16.5. The highest BCUT2D eigenvalue weighted by Gasteiger charge is 2.11. The zero-order valence-corrected chi connectivity index (χ0v) is 5.59. The lowest BCUT2D eigenvalue weighted by molar-refractivity contribution is 0.321. The number of rotatable bonds is 3. The van der Waals surface area contributed by atoms with E-state index in [1.54, 1.807) is 0 Å². The maximum Gasteiger partial charge on any atom is 0.313 e. The molecule has 0 amide bonds. The lowest BCUT2D eigenvalue weighted by Crippen LogP contribution is -1.89. The van der Waals surface area contributed by atoms with Crippen LogP contribution in [0, 0.1) is 10.1 Å². The van der Waals surface area contributed by atoms with Gasteiger partial charge in [0, 0.05) is 5.18 Å². The second-order valence-electron chi connectivity index (χ2n) is 1.69. The van der Waals surface area contributed by atoms with Crippen molar-refractivity contribution in [1.82, 2.24) is 5.16 Å². The van der Waals surface area contributed by atoms with E-state index in [1.165, 1.54) is 5.48 Å². The molecule has 8 nitrogen and oxygen atoms in total. The Kier molecular flexibility index (Phi) is 2.33. The van der Waals surface area contributed by atoms with Crippen LogP contribution in [-0.2, 0) is 0 Å². The Hall–Kier alpha value is -1.96. The molecule has 8 heteroatoms. The minimum Gasteiger partial charge on any atom is -0.761 e. The van der Waals surface area contributed by atoms with Gasteiger partial charge in [-0.15, -0.1) is 4.91 Å². The first-order valence-corrected chi connectivity index (χ1v) is 2.72. The largest absolute Gasteiger partial charge is 0.761 e. The third-order valence-electron chi connectivity index (χ3n) is 1.07. The third-order valence-corrected chi connectivity index (χ3v) is 1.07. The molecule has 0 aliphatic carbocycles. The van der Waals surface area contributed by atoms with Crippen LogP contribution in [0.15, 0.2) is 14.9 Å². The van der Waals surface area contributed by atoms with Crippen LogP contribution in [0.4, 0.5) is 11.6 Å². The van der Waals surface area contributed by atoms with Crippen molar-refractivity contribution in [1.29, 1.82) is 0 Å². The molecule has 0 fully saturated rings. The monoisotopic (exact) mass is 171 g/mol. The Bertz CT molecular complexity index is 306. The topological polar surface area (TPSA) is 123 Å². The first-order valence-electron chi connectivity index (χ1n) is 2.72. The summed E-state index contributed by atoms with van der Waals surface area (Å²) in [6.07, 6.45) is 0.832. The van der Waals surface area contributed by atoms with Crippen LogP contribution in [0.3, 0.4) is 0 Å². The molecule has 0 bridgehead atoms. The van der Waals surface area contributed by atoms with Crippen LogP contribution in [0.25, 0.3) is 0 Å². The van der Waals surface area contributed by atoms with E-state index in [-0.39, 0.29) is 11.4 Å². The predicted octanol–water partition coefficient (Wildman–Crippen LogP) is 0.790. The third kappa shape index (κ3) is 1.22. The fourth-order valence-corrected chi connectivity index (χ4v) is 0.594. The van der Waals surface area contributed by atoms with E-state index in [2.05, 4.69) is 20.0 Å². The van der Waals surface area contributed by atoms with Crippen molar-refractivity contribution in [3.05, 3.63) is 15.8 Å². The lowest BCUT2D eigenvalue weighted by atomic mass is 10.4. The van der Waals surface area contributed by atoms with Gasteiger partial charge in [-0.2, -0.15) is 0 Å². The minimum absolute atomic E-state index is 0.0953. The van der Waals surface area contributed by atoms with Crippen LogP contribution in [-0.4, -0.2) is 16.6 Å². The lowest BCUT2D eigenvalue weighted by Gasteiger charge is -2.04. The van der Waals surface area contributed by atoms with Crippen molar-refractivity contribution >= 4 is 17.8 Å². The van der Waals surface area contributed by atoms with E-state index >= 15 is 0 Å². The number of nitrogens with zero attached hydrogens (tertiary/aromatic N) is 3. The van der Waals surface area contributed by atoms with Gasteiger partial charge in [-0.05, 0) is 0 Å². The Morgan fingerprint density at radius 2 is 2.50 bits per heavy atom. The normalized spacial score (nSPS) is 10.4. The van der Waals surface area contributed by atoms with Crippen LogP contribution < -0.4 is 5.48 Å². The van der Waals surface area contributed by atoms with Crippen molar-refractivity contribution in [2.24, 2.45) is 10.3 Å². The molecular weight excluding hydrogens is 168 g/mol. The van der Waals surface area contributed by atoms with E-state index in [0.29, 0.717) is 0 Å². The Balaban J connectivity index is 3.12. The summed E-state index contributed by atoms with van der Waals surface area (Å²) in [6, 6.07) is 0. The van der Waals surface area contributed by atoms with Gasteiger partial charge in [0.2, 0.25) is 0 Å². The maximum absolute atomic E-state index is 10.2. The molecule has 1 rings (SSSR count). The van der Waals surface area contributed by atoms with E-state index in [1.807, 2.05) is 0 Å². The Morgan fingerprint density at radius 3 is 3.00 bits per heavy atom. The number of nitroso groups, excluding NO2 is 1. The van der Waals surface area contributed by atoms with Crippen LogP contribution in [0.2, 0.25) is 0 Å². The summed E-state index contributed by atoms with van der Waals surface area (Å²) in [5, 5.41) is 26.4. The molecular formula is C4H3N4O4-. The van der Waals surface area contributed by atoms with Crippen molar-refractivity contribution < 1.29 is 9.73 Å². The van der Waals surface area contributed by atoms with Gasteiger partial charge in [0.15, 0.2) is 5.69 Å². The van der Waals surface area contributed by atoms with Crippen LogP contribution >= 0.6 is 0 Å². The second-order valence-corrected chi connectivity index (χ2v) is 1.69. The van der Waals surface area contributed by atoms with Gasteiger partial charge < -0.3 is 20.4 Å². The molecule has 0 unspecified atom stereocenters. The molecule has 0 atom stereocenters. The van der Waals surface area contributed by atoms with E-state index in [9.17, 15) is 10.1 Å². The number of hydrogen-bond donors (Lipinski definition) is 2. The molecule has 0 aromatic carbocycles. The molecule has 0 spiro atoms. The molecule has 0 radical (unpaired) electrons. The molecule has 1 aromatic rings. The molecule has 64 valence electrons. The Labute approximate surface area is 65.4 Å². The van der Waals surface area contributed by atoms with Crippen molar-refractivity contribution in [3.63, 3.8) is 0 Å².